The summed E-state index contributed by atoms with van der Waals surface area (Å²) in [5, 5.41) is 17.1. The van der Waals surface area contributed by atoms with Crippen LogP contribution >= 0.6 is 0 Å². The number of hydrogen-bond acceptors (Lipinski definition) is 6. The molecule has 0 bridgehead atoms. The number of nitrogens with one attached hydrogen (secondary N) is 1. The minimum Gasteiger partial charge on any atom is -0.453 e. The number of carbonyl (C=O) groups excluding carboxylic acids is 3. The number of hydrazone groups is 1. The molecule has 0 spiro atoms. The van der Waals surface area contributed by atoms with E-state index in [9.17, 15) is 14.4 Å². The van der Waals surface area contributed by atoms with Crippen molar-refractivity contribution in [3.63, 3.8) is 0 Å². The Labute approximate surface area is 180 Å². The summed E-state index contributed by atoms with van der Waals surface area (Å²) in [4.78, 5) is 36.6. The number of anilines is 1. The van der Waals surface area contributed by atoms with Gasteiger partial charge in [-0.25, -0.2) is 5.01 Å². The highest BCUT2D eigenvalue weighted by atomic mass is 16.5. The number of ether oxygens (including phenoxy) is 1. The summed E-state index contributed by atoms with van der Waals surface area (Å²) in [6, 6.07) is 17.9. The summed E-state index contributed by atoms with van der Waals surface area (Å²) >= 11 is 0. The van der Waals surface area contributed by atoms with Crippen molar-refractivity contribution >= 4 is 29.2 Å². The van der Waals surface area contributed by atoms with E-state index in [4.69, 9.17) is 10.00 Å². The first-order valence-corrected chi connectivity index (χ1v) is 9.90. The van der Waals surface area contributed by atoms with Gasteiger partial charge in [0.1, 0.15) is 0 Å². The maximum atomic E-state index is 12.3. The second-order valence-corrected chi connectivity index (χ2v) is 6.99. The van der Waals surface area contributed by atoms with E-state index in [2.05, 4.69) is 10.4 Å². The second kappa shape index (κ2) is 10.2. The Morgan fingerprint density at radius 1 is 1.13 bits per heavy atom. The molecule has 0 saturated heterocycles. The van der Waals surface area contributed by atoms with Crippen LogP contribution in [0.3, 0.4) is 0 Å². The lowest BCUT2D eigenvalue weighted by molar-refractivity contribution is -0.154. The topological polar surface area (TPSA) is 112 Å². The zero-order valence-electron chi connectivity index (χ0n) is 17.1. The van der Waals surface area contributed by atoms with E-state index in [1.807, 2.05) is 36.4 Å². The van der Waals surface area contributed by atoms with Crippen LogP contribution in [0.2, 0.25) is 0 Å². The van der Waals surface area contributed by atoms with E-state index in [0.29, 0.717) is 24.2 Å². The van der Waals surface area contributed by atoms with Gasteiger partial charge in [0, 0.05) is 18.5 Å². The summed E-state index contributed by atoms with van der Waals surface area (Å²) in [5.41, 5.74) is 2.77. The highest BCUT2D eigenvalue weighted by Gasteiger charge is 2.23. The normalized spacial score (nSPS) is 13.7. The molecule has 2 aromatic rings. The fourth-order valence-corrected chi connectivity index (χ4v) is 2.99. The van der Waals surface area contributed by atoms with Crippen molar-refractivity contribution in [2.45, 2.75) is 32.3 Å². The Morgan fingerprint density at radius 3 is 2.52 bits per heavy atom. The first kappa shape index (κ1) is 21.7. The third kappa shape index (κ3) is 6.00. The average Bonchev–Trinajstić information content (AvgIpc) is 3.29. The SMILES string of the molecule is C[C@@H](OC(=O)CCC(=O)N1CCC(c2ccccc2)=N1)C(=O)Nc1ccc(C#N)cc1. The van der Waals surface area contributed by atoms with Crippen LogP contribution in [0.4, 0.5) is 5.69 Å². The van der Waals surface area contributed by atoms with Gasteiger partial charge in [-0.1, -0.05) is 30.3 Å². The Hall–Kier alpha value is -3.99. The molecule has 1 heterocycles. The van der Waals surface area contributed by atoms with E-state index in [1.165, 1.54) is 11.9 Å². The smallest absolute Gasteiger partial charge is 0.307 e. The Balaban J connectivity index is 1.44. The first-order valence-electron chi connectivity index (χ1n) is 9.90. The van der Waals surface area contributed by atoms with Gasteiger partial charge in [-0.05, 0) is 36.8 Å². The molecule has 158 valence electrons. The van der Waals surface area contributed by atoms with E-state index in [1.54, 1.807) is 24.3 Å². The summed E-state index contributed by atoms with van der Waals surface area (Å²) < 4.78 is 5.12. The largest absolute Gasteiger partial charge is 0.453 e. The highest BCUT2D eigenvalue weighted by molar-refractivity contribution is 6.02. The van der Waals surface area contributed by atoms with Crippen molar-refractivity contribution in [3.8, 4) is 6.07 Å². The molecular formula is C23H22N4O4. The van der Waals surface area contributed by atoms with Gasteiger partial charge in [0.15, 0.2) is 6.10 Å². The molecule has 0 aromatic heterocycles. The number of nitrogens with zero attached hydrogens (tertiary/aromatic N) is 3. The number of amides is 2. The van der Waals surface area contributed by atoms with Crippen molar-refractivity contribution in [2.24, 2.45) is 5.10 Å². The number of carbonyl (C=O) groups is 3. The quantitative estimate of drug-likeness (QED) is 0.695. The molecule has 1 aliphatic rings. The predicted octanol–water partition coefficient (Wildman–Crippen LogP) is 2.85. The predicted molar refractivity (Wildman–Crippen MR) is 114 cm³/mol. The zero-order valence-corrected chi connectivity index (χ0v) is 17.1. The number of nitriles is 1. The lowest BCUT2D eigenvalue weighted by Gasteiger charge is -2.14. The van der Waals surface area contributed by atoms with E-state index in [0.717, 1.165) is 11.3 Å². The number of esters is 1. The van der Waals surface area contributed by atoms with Gasteiger partial charge < -0.3 is 10.1 Å². The van der Waals surface area contributed by atoms with Gasteiger partial charge in [0.25, 0.3) is 5.91 Å². The van der Waals surface area contributed by atoms with E-state index < -0.39 is 18.0 Å². The number of benzene rings is 2. The van der Waals surface area contributed by atoms with Crippen LogP contribution < -0.4 is 5.32 Å². The number of rotatable bonds is 7. The van der Waals surface area contributed by atoms with Crippen molar-refractivity contribution in [3.05, 3.63) is 65.7 Å². The molecule has 3 rings (SSSR count). The summed E-state index contributed by atoms with van der Waals surface area (Å²) in [7, 11) is 0. The summed E-state index contributed by atoms with van der Waals surface area (Å²) in [5.74, 6) is -1.40. The Kier molecular flexibility index (Phi) is 7.12. The molecular weight excluding hydrogens is 396 g/mol. The van der Waals surface area contributed by atoms with Crippen LogP contribution in [-0.2, 0) is 19.1 Å². The fourth-order valence-electron chi connectivity index (χ4n) is 2.99. The van der Waals surface area contributed by atoms with Crippen LogP contribution in [0.1, 0.15) is 37.3 Å². The second-order valence-electron chi connectivity index (χ2n) is 6.99. The maximum absolute atomic E-state index is 12.3. The van der Waals surface area contributed by atoms with Crippen LogP contribution in [0.25, 0.3) is 0 Å². The minimum atomic E-state index is -1.02. The van der Waals surface area contributed by atoms with Crippen LogP contribution in [-0.4, -0.2) is 41.2 Å². The minimum absolute atomic E-state index is 0.0473. The van der Waals surface area contributed by atoms with E-state index >= 15 is 0 Å². The molecule has 0 radical (unpaired) electrons. The molecule has 0 unspecified atom stereocenters. The standard InChI is InChI=1S/C23H22N4O4/c1-16(23(30)25-19-9-7-17(15-24)8-10-19)31-22(29)12-11-21(28)27-14-13-20(26-27)18-5-3-2-4-6-18/h2-10,16H,11-14H2,1H3,(H,25,30)/t16-/m1/s1. The Bertz CT molecular complexity index is 1030. The van der Waals surface area contributed by atoms with Crippen LogP contribution in [0.5, 0.6) is 0 Å². The molecule has 1 atom stereocenters. The summed E-state index contributed by atoms with van der Waals surface area (Å²) in [6.45, 7) is 1.93. The fraction of sp³-hybridized carbons (Fsp3) is 0.261. The molecule has 0 saturated carbocycles. The van der Waals surface area contributed by atoms with Crippen molar-refractivity contribution < 1.29 is 19.1 Å². The van der Waals surface area contributed by atoms with Crippen LogP contribution in [0.15, 0.2) is 59.7 Å². The molecule has 2 amide bonds. The zero-order chi connectivity index (χ0) is 22.2. The molecule has 0 fully saturated rings. The van der Waals surface area contributed by atoms with Gasteiger partial charge in [0.05, 0.1) is 30.3 Å². The molecule has 1 aliphatic heterocycles. The van der Waals surface area contributed by atoms with Gasteiger partial charge in [-0.15, -0.1) is 0 Å². The van der Waals surface area contributed by atoms with E-state index in [-0.39, 0.29) is 18.7 Å². The summed E-state index contributed by atoms with van der Waals surface area (Å²) in [6.07, 6.45) is -0.547. The monoisotopic (exact) mass is 418 g/mol. The molecule has 31 heavy (non-hydrogen) atoms. The van der Waals surface area contributed by atoms with Gasteiger partial charge in [-0.3, -0.25) is 14.4 Å². The van der Waals surface area contributed by atoms with Crippen molar-refractivity contribution in [1.29, 1.82) is 5.26 Å². The third-order valence-electron chi connectivity index (χ3n) is 4.70. The average molecular weight is 418 g/mol. The highest BCUT2D eigenvalue weighted by Crippen LogP contribution is 2.15. The maximum Gasteiger partial charge on any atom is 0.307 e. The van der Waals surface area contributed by atoms with Crippen LogP contribution in [0, 0.1) is 11.3 Å². The lowest BCUT2D eigenvalue weighted by atomic mass is 10.1. The molecule has 0 aliphatic carbocycles. The van der Waals surface area contributed by atoms with Crippen molar-refractivity contribution in [1.82, 2.24) is 5.01 Å². The first-order chi connectivity index (χ1) is 15.0. The Morgan fingerprint density at radius 2 is 1.84 bits per heavy atom. The molecule has 2 aromatic carbocycles. The number of hydrogen-bond donors (Lipinski definition) is 1. The van der Waals surface area contributed by atoms with Gasteiger partial charge in [-0.2, -0.15) is 10.4 Å². The molecule has 1 N–H and O–H groups in total. The third-order valence-corrected chi connectivity index (χ3v) is 4.70. The molecule has 8 nitrogen and oxygen atoms in total. The van der Waals surface area contributed by atoms with Crippen molar-refractivity contribution in [2.75, 3.05) is 11.9 Å². The van der Waals surface area contributed by atoms with Gasteiger partial charge in [0.2, 0.25) is 5.91 Å². The van der Waals surface area contributed by atoms with Gasteiger partial charge >= 0.3 is 5.97 Å². The molecule has 8 heteroatoms. The lowest BCUT2D eigenvalue weighted by Crippen LogP contribution is -2.30.